The van der Waals surface area contributed by atoms with Gasteiger partial charge in [-0.15, -0.1) is 0 Å². The molecular formula is C19H23FN4O2. The summed E-state index contributed by atoms with van der Waals surface area (Å²) in [7, 11) is 0. The van der Waals surface area contributed by atoms with Crippen LogP contribution in [0.1, 0.15) is 24.0 Å². The van der Waals surface area contributed by atoms with Gasteiger partial charge >= 0.3 is 0 Å². The van der Waals surface area contributed by atoms with Crippen molar-refractivity contribution in [1.82, 2.24) is 15.3 Å². The van der Waals surface area contributed by atoms with Gasteiger partial charge in [0.15, 0.2) is 0 Å². The van der Waals surface area contributed by atoms with Gasteiger partial charge in [0.1, 0.15) is 5.82 Å². The Hall–Kier alpha value is -2.54. The average Bonchev–Trinajstić information content (AvgIpc) is 2.63. The third kappa shape index (κ3) is 4.54. The number of aromatic nitrogens is 2. The molecule has 1 amide bonds. The van der Waals surface area contributed by atoms with Crippen LogP contribution in [0.3, 0.4) is 0 Å². The molecule has 1 saturated heterocycles. The maximum atomic E-state index is 13.2. The Morgan fingerprint density at radius 2 is 2.15 bits per heavy atom. The highest BCUT2D eigenvalue weighted by atomic mass is 19.1. The monoisotopic (exact) mass is 358 g/mol. The van der Waals surface area contributed by atoms with E-state index in [9.17, 15) is 14.3 Å². The lowest BCUT2D eigenvalue weighted by atomic mass is 9.92. The molecule has 1 aromatic carbocycles. The van der Waals surface area contributed by atoms with Crippen LogP contribution in [-0.2, 0) is 11.2 Å². The number of nitrogens with zero attached hydrogens (tertiary/aromatic N) is 3. The van der Waals surface area contributed by atoms with E-state index in [1.807, 2.05) is 4.90 Å². The molecule has 1 aliphatic rings. The van der Waals surface area contributed by atoms with Gasteiger partial charge in [0.2, 0.25) is 11.9 Å². The maximum Gasteiger partial charge on any atom is 0.225 e. The molecule has 1 aromatic heterocycles. The summed E-state index contributed by atoms with van der Waals surface area (Å²) < 4.78 is 13.2. The summed E-state index contributed by atoms with van der Waals surface area (Å²) in [5.74, 6) is 0.0755. The summed E-state index contributed by atoms with van der Waals surface area (Å²) in [4.78, 5) is 22.6. The second kappa shape index (κ2) is 7.78. The molecule has 0 bridgehead atoms. The minimum Gasteiger partial charge on any atom is -0.386 e. The Kier molecular flexibility index (Phi) is 5.46. The quantitative estimate of drug-likeness (QED) is 0.849. The van der Waals surface area contributed by atoms with Crippen molar-refractivity contribution in [3.63, 3.8) is 0 Å². The van der Waals surface area contributed by atoms with Crippen LogP contribution in [0.25, 0.3) is 0 Å². The molecule has 26 heavy (non-hydrogen) atoms. The zero-order valence-electron chi connectivity index (χ0n) is 14.8. The van der Waals surface area contributed by atoms with Gasteiger partial charge in [0, 0.05) is 25.5 Å². The Labute approximate surface area is 152 Å². The average molecular weight is 358 g/mol. The largest absolute Gasteiger partial charge is 0.386 e. The summed E-state index contributed by atoms with van der Waals surface area (Å²) in [6, 6.07) is 6.13. The van der Waals surface area contributed by atoms with E-state index in [1.54, 1.807) is 31.5 Å². The predicted molar refractivity (Wildman–Crippen MR) is 96.3 cm³/mol. The molecule has 0 radical (unpaired) electrons. The highest BCUT2D eigenvalue weighted by Gasteiger charge is 2.34. The zero-order valence-corrected chi connectivity index (χ0v) is 14.8. The first kappa shape index (κ1) is 18.3. The molecule has 2 N–H and O–H groups in total. The van der Waals surface area contributed by atoms with E-state index in [0.717, 1.165) is 24.1 Å². The number of benzene rings is 1. The number of nitrogens with one attached hydrogen (secondary N) is 1. The van der Waals surface area contributed by atoms with Gasteiger partial charge in [-0.1, -0.05) is 6.07 Å². The van der Waals surface area contributed by atoms with Crippen LogP contribution < -0.4 is 10.2 Å². The fourth-order valence-corrected chi connectivity index (χ4v) is 3.24. The molecule has 1 aliphatic heterocycles. The van der Waals surface area contributed by atoms with Crippen molar-refractivity contribution >= 4 is 11.9 Å². The highest BCUT2D eigenvalue weighted by Crippen LogP contribution is 2.23. The first-order valence-electron chi connectivity index (χ1n) is 8.71. The Bertz CT molecular complexity index is 771. The summed E-state index contributed by atoms with van der Waals surface area (Å²) in [6.07, 6.45) is 4.90. The number of carbonyl (C=O) groups is 1. The molecule has 138 valence electrons. The zero-order chi connectivity index (χ0) is 18.6. The molecule has 0 aliphatic carbocycles. The fraction of sp³-hybridized carbons (Fsp3) is 0.421. The number of amides is 1. The summed E-state index contributed by atoms with van der Waals surface area (Å²) in [5, 5.41) is 13.7. The molecule has 1 unspecified atom stereocenters. The Morgan fingerprint density at radius 1 is 1.38 bits per heavy atom. The molecule has 3 rings (SSSR count). The van der Waals surface area contributed by atoms with E-state index in [-0.39, 0.29) is 24.7 Å². The van der Waals surface area contributed by atoms with E-state index in [0.29, 0.717) is 18.9 Å². The van der Waals surface area contributed by atoms with Crippen molar-refractivity contribution in [3.05, 3.63) is 53.6 Å². The van der Waals surface area contributed by atoms with E-state index in [1.165, 1.54) is 12.1 Å². The topological polar surface area (TPSA) is 78.4 Å². The molecule has 2 aromatic rings. The molecular weight excluding hydrogens is 335 g/mol. The highest BCUT2D eigenvalue weighted by molar-refractivity contribution is 5.79. The molecule has 2 heterocycles. The first-order valence-corrected chi connectivity index (χ1v) is 8.71. The molecule has 7 heteroatoms. The number of hydrogen-bond acceptors (Lipinski definition) is 5. The van der Waals surface area contributed by atoms with Crippen molar-refractivity contribution in [2.45, 2.75) is 31.8 Å². The third-order valence-corrected chi connectivity index (χ3v) is 4.66. The van der Waals surface area contributed by atoms with Crippen molar-refractivity contribution in [2.24, 2.45) is 0 Å². The van der Waals surface area contributed by atoms with Crippen LogP contribution in [0, 0.1) is 12.7 Å². The summed E-state index contributed by atoms with van der Waals surface area (Å²) in [6.45, 7) is 3.08. The predicted octanol–water partition coefficient (Wildman–Crippen LogP) is 1.61. The number of β-amino-alcohol motifs (C(OH)–C–C–N with tert-alkyl or cyclic N) is 1. The smallest absolute Gasteiger partial charge is 0.225 e. The van der Waals surface area contributed by atoms with Gasteiger partial charge in [0.25, 0.3) is 0 Å². The van der Waals surface area contributed by atoms with E-state index in [4.69, 9.17) is 0 Å². The summed E-state index contributed by atoms with van der Waals surface area (Å²) >= 11 is 0. The van der Waals surface area contributed by atoms with Crippen molar-refractivity contribution in [3.8, 4) is 0 Å². The lowest BCUT2D eigenvalue weighted by Gasteiger charge is -2.39. The number of piperidine rings is 1. The molecule has 0 spiro atoms. The standard InChI is InChI=1S/C19H23FN4O2/c1-14-10-16(20)5-4-15(14)11-17(25)23-12-19(26)6-2-9-24(13-19)18-21-7-3-8-22-18/h3-5,7-8,10,26H,2,6,9,11-13H2,1H3,(H,23,25). The van der Waals surface area contributed by atoms with Crippen molar-refractivity contribution in [1.29, 1.82) is 0 Å². The number of aliphatic hydroxyl groups is 1. The van der Waals surface area contributed by atoms with E-state index in [2.05, 4.69) is 15.3 Å². The van der Waals surface area contributed by atoms with Crippen LogP contribution in [-0.4, -0.2) is 46.2 Å². The summed E-state index contributed by atoms with van der Waals surface area (Å²) in [5.41, 5.74) is 0.494. The number of aryl methyl sites for hydroxylation is 1. The molecule has 1 atom stereocenters. The van der Waals surface area contributed by atoms with Crippen molar-refractivity contribution in [2.75, 3.05) is 24.5 Å². The van der Waals surface area contributed by atoms with Gasteiger partial charge in [-0.25, -0.2) is 14.4 Å². The molecule has 0 saturated carbocycles. The second-order valence-electron chi connectivity index (χ2n) is 6.82. The van der Waals surface area contributed by atoms with Crippen LogP contribution >= 0.6 is 0 Å². The number of anilines is 1. The number of carbonyl (C=O) groups excluding carboxylic acids is 1. The first-order chi connectivity index (χ1) is 12.5. The maximum absolute atomic E-state index is 13.2. The number of halogens is 1. The van der Waals surface area contributed by atoms with Crippen LogP contribution in [0.4, 0.5) is 10.3 Å². The van der Waals surface area contributed by atoms with Gasteiger partial charge in [-0.2, -0.15) is 0 Å². The fourth-order valence-electron chi connectivity index (χ4n) is 3.24. The normalized spacial score (nSPS) is 20.0. The van der Waals surface area contributed by atoms with Gasteiger partial charge in [-0.3, -0.25) is 4.79 Å². The van der Waals surface area contributed by atoms with Crippen LogP contribution in [0.5, 0.6) is 0 Å². The number of rotatable bonds is 5. The van der Waals surface area contributed by atoms with Gasteiger partial charge < -0.3 is 15.3 Å². The van der Waals surface area contributed by atoms with E-state index >= 15 is 0 Å². The van der Waals surface area contributed by atoms with E-state index < -0.39 is 5.60 Å². The van der Waals surface area contributed by atoms with Crippen molar-refractivity contribution < 1.29 is 14.3 Å². The lowest BCUT2D eigenvalue weighted by molar-refractivity contribution is -0.121. The number of hydrogen-bond donors (Lipinski definition) is 2. The Balaban J connectivity index is 1.56. The third-order valence-electron chi connectivity index (χ3n) is 4.66. The Morgan fingerprint density at radius 3 is 2.88 bits per heavy atom. The SMILES string of the molecule is Cc1cc(F)ccc1CC(=O)NCC1(O)CCCN(c2ncccn2)C1. The minimum atomic E-state index is -1.02. The van der Waals surface area contributed by atoms with Gasteiger partial charge in [0.05, 0.1) is 18.6 Å². The van der Waals surface area contributed by atoms with Gasteiger partial charge in [-0.05, 0) is 49.1 Å². The van der Waals surface area contributed by atoms with Crippen LogP contribution in [0.15, 0.2) is 36.7 Å². The van der Waals surface area contributed by atoms with Crippen LogP contribution in [0.2, 0.25) is 0 Å². The lowest BCUT2D eigenvalue weighted by Crippen LogP contribution is -2.54. The molecule has 6 nitrogen and oxygen atoms in total. The second-order valence-corrected chi connectivity index (χ2v) is 6.82. The molecule has 1 fully saturated rings. The minimum absolute atomic E-state index is 0.160.